The summed E-state index contributed by atoms with van der Waals surface area (Å²) in [5, 5.41) is 0.967. The van der Waals surface area contributed by atoms with Gasteiger partial charge in [-0.05, 0) is 64.5 Å². The minimum absolute atomic E-state index is 0.138. The van der Waals surface area contributed by atoms with Gasteiger partial charge in [0, 0.05) is 11.3 Å². The predicted octanol–water partition coefficient (Wildman–Crippen LogP) is 6.44. The average molecular weight is 462 g/mol. The minimum atomic E-state index is -0.433. The molecule has 5 rings (SSSR count). The van der Waals surface area contributed by atoms with Crippen LogP contribution in [0.25, 0.3) is 33.6 Å². The average Bonchev–Trinajstić information content (AvgIpc) is 3.53. The molecule has 2 heterocycles. The van der Waals surface area contributed by atoms with Crippen molar-refractivity contribution in [3.8, 4) is 22.5 Å². The first-order valence-corrected chi connectivity index (χ1v) is 10.7. The van der Waals surface area contributed by atoms with E-state index in [1.54, 1.807) is 0 Å². The number of carbonyl (C=O) groups is 1. The molecular weight excluding hydrogens is 442 g/mol. The fourth-order valence-electron chi connectivity index (χ4n) is 3.95. The lowest BCUT2D eigenvalue weighted by Gasteiger charge is -2.13. The lowest BCUT2D eigenvalue weighted by Crippen LogP contribution is -2.21. The van der Waals surface area contributed by atoms with Crippen LogP contribution in [-0.2, 0) is 14.9 Å². The first-order chi connectivity index (χ1) is 14.5. The molecule has 2 aromatic heterocycles. The monoisotopic (exact) mass is 461 g/mol. The quantitative estimate of drug-likeness (QED) is 0.328. The fraction of sp³-hybridized carbons (Fsp3) is 0.200. The highest BCUT2D eigenvalue weighted by Crippen LogP contribution is 2.49. The Labute approximate surface area is 183 Å². The number of rotatable bonds is 4. The van der Waals surface area contributed by atoms with Crippen LogP contribution in [0.2, 0.25) is 0 Å². The molecule has 4 aromatic rings. The first kappa shape index (κ1) is 19.1. The highest BCUT2D eigenvalue weighted by Gasteiger charge is 2.52. The number of hydrogen-bond acceptors (Lipinski definition) is 4. The maximum atomic E-state index is 12.1. The van der Waals surface area contributed by atoms with Crippen LogP contribution in [0.5, 0.6) is 0 Å². The van der Waals surface area contributed by atoms with Crippen LogP contribution in [0, 0.1) is 6.92 Å². The van der Waals surface area contributed by atoms with Crippen LogP contribution in [0.3, 0.4) is 0 Å². The number of carbonyl (C=O) groups excluding carboxylic acids is 1. The van der Waals surface area contributed by atoms with Gasteiger partial charge in [0.15, 0.2) is 5.76 Å². The highest BCUT2D eigenvalue weighted by molar-refractivity contribution is 9.10. The van der Waals surface area contributed by atoms with Gasteiger partial charge < -0.3 is 9.15 Å². The Morgan fingerprint density at radius 2 is 1.57 bits per heavy atom. The third-order valence-electron chi connectivity index (χ3n) is 5.88. The van der Waals surface area contributed by atoms with Crippen LogP contribution in [0.4, 0.5) is 0 Å². The van der Waals surface area contributed by atoms with Gasteiger partial charge in [-0.15, -0.1) is 0 Å². The van der Waals surface area contributed by atoms with Gasteiger partial charge in [0.05, 0.1) is 22.4 Å². The number of hydrogen-bond donors (Lipinski definition) is 0. The Morgan fingerprint density at radius 3 is 2.17 bits per heavy atom. The lowest BCUT2D eigenvalue weighted by molar-refractivity contribution is -0.143. The van der Waals surface area contributed by atoms with Gasteiger partial charge in [-0.3, -0.25) is 4.79 Å². The van der Waals surface area contributed by atoms with Crippen molar-refractivity contribution in [3.05, 3.63) is 76.4 Å². The summed E-state index contributed by atoms with van der Waals surface area (Å²) < 4.78 is 11.9. The van der Waals surface area contributed by atoms with Crippen LogP contribution in [0.1, 0.15) is 24.1 Å². The van der Waals surface area contributed by atoms with E-state index in [-0.39, 0.29) is 5.97 Å². The largest absolute Gasteiger partial charge is 0.468 e. The molecule has 0 atom stereocenters. The maximum absolute atomic E-state index is 12.1. The number of aryl methyl sites for hydroxylation is 1. The van der Waals surface area contributed by atoms with E-state index in [0.29, 0.717) is 5.71 Å². The fourth-order valence-corrected chi connectivity index (χ4v) is 4.57. The normalized spacial score (nSPS) is 14.6. The second kappa shape index (κ2) is 7.10. The second-order valence-corrected chi connectivity index (χ2v) is 8.57. The van der Waals surface area contributed by atoms with Gasteiger partial charge in [0.1, 0.15) is 0 Å². The summed E-state index contributed by atoms with van der Waals surface area (Å²) in [6, 6.07) is 20.5. The van der Waals surface area contributed by atoms with Crippen molar-refractivity contribution in [1.82, 2.24) is 4.98 Å². The Balaban J connectivity index is 1.43. The van der Waals surface area contributed by atoms with Crippen molar-refractivity contribution in [2.45, 2.75) is 25.2 Å². The molecule has 0 spiro atoms. The molecule has 0 bridgehead atoms. The predicted molar refractivity (Wildman–Crippen MR) is 120 cm³/mol. The van der Waals surface area contributed by atoms with E-state index in [2.05, 4.69) is 57.3 Å². The number of methoxy groups -OCH3 is 1. The molecule has 150 valence electrons. The smallest absolute Gasteiger partial charge is 0.316 e. The van der Waals surface area contributed by atoms with Crippen LogP contribution < -0.4 is 0 Å². The molecule has 1 aliphatic rings. The molecule has 0 aliphatic heterocycles. The summed E-state index contributed by atoms with van der Waals surface area (Å²) in [7, 11) is 1.45. The van der Waals surface area contributed by atoms with Crippen molar-refractivity contribution in [2.75, 3.05) is 7.11 Å². The van der Waals surface area contributed by atoms with E-state index < -0.39 is 5.41 Å². The Kier molecular flexibility index (Phi) is 4.51. The van der Waals surface area contributed by atoms with Gasteiger partial charge in [0.2, 0.25) is 5.71 Å². The summed E-state index contributed by atoms with van der Waals surface area (Å²) in [5.41, 5.74) is 5.35. The van der Waals surface area contributed by atoms with E-state index in [1.165, 1.54) is 7.11 Å². The van der Waals surface area contributed by atoms with Crippen LogP contribution in [0.15, 0.2) is 69.6 Å². The molecule has 30 heavy (non-hydrogen) atoms. The zero-order valence-electron chi connectivity index (χ0n) is 16.7. The Hall–Kier alpha value is -2.92. The standard InChI is InChI=1S/C25H20BrNO3/c1-15-3-12-20-21(26)22(30-23(20)27-15)18-6-4-16(5-7-18)17-8-10-19(11-9-17)25(13-14-25)24(28)29-2/h3-12H,13-14H2,1-2H3. The number of aromatic nitrogens is 1. The molecule has 0 unspecified atom stereocenters. The lowest BCUT2D eigenvalue weighted by atomic mass is 9.93. The van der Waals surface area contributed by atoms with E-state index in [1.807, 2.05) is 31.2 Å². The summed E-state index contributed by atoms with van der Waals surface area (Å²) >= 11 is 3.66. The van der Waals surface area contributed by atoms with Crippen LogP contribution in [-0.4, -0.2) is 18.1 Å². The molecule has 0 amide bonds. The Bertz CT molecular complexity index is 1250. The molecule has 0 N–H and O–H groups in total. The van der Waals surface area contributed by atoms with Crippen molar-refractivity contribution >= 4 is 33.0 Å². The molecule has 1 aliphatic carbocycles. The SMILES string of the molecule is COC(=O)C1(c2ccc(-c3ccc(-c4oc5nc(C)ccc5c4Br)cc3)cc2)CC1. The van der Waals surface area contributed by atoms with Crippen molar-refractivity contribution < 1.29 is 13.9 Å². The van der Waals surface area contributed by atoms with Gasteiger partial charge in [-0.25, -0.2) is 4.98 Å². The van der Waals surface area contributed by atoms with E-state index in [4.69, 9.17) is 9.15 Å². The number of furan rings is 1. The number of benzene rings is 2. The third kappa shape index (κ3) is 3.05. The summed E-state index contributed by atoms with van der Waals surface area (Å²) in [6.45, 7) is 1.95. The molecular formula is C25H20BrNO3. The third-order valence-corrected chi connectivity index (χ3v) is 6.67. The zero-order chi connectivity index (χ0) is 20.9. The van der Waals surface area contributed by atoms with Crippen LogP contribution >= 0.6 is 15.9 Å². The number of halogens is 1. The zero-order valence-corrected chi connectivity index (χ0v) is 18.3. The molecule has 1 fully saturated rings. The molecule has 1 saturated carbocycles. The highest BCUT2D eigenvalue weighted by atomic mass is 79.9. The number of nitrogens with zero attached hydrogens (tertiary/aromatic N) is 1. The van der Waals surface area contributed by atoms with E-state index in [9.17, 15) is 4.79 Å². The number of esters is 1. The molecule has 2 aromatic carbocycles. The summed E-state index contributed by atoms with van der Waals surface area (Å²) in [4.78, 5) is 16.6. The molecule has 0 saturated heterocycles. The summed E-state index contributed by atoms with van der Waals surface area (Å²) in [6.07, 6.45) is 1.71. The molecule has 4 nitrogen and oxygen atoms in total. The first-order valence-electron chi connectivity index (χ1n) is 9.87. The van der Waals surface area contributed by atoms with E-state index in [0.717, 1.165) is 56.4 Å². The van der Waals surface area contributed by atoms with Gasteiger partial charge in [0.25, 0.3) is 0 Å². The molecule has 0 radical (unpaired) electrons. The van der Waals surface area contributed by atoms with Gasteiger partial charge in [-0.1, -0.05) is 48.5 Å². The summed E-state index contributed by atoms with van der Waals surface area (Å²) in [5.74, 6) is 0.638. The minimum Gasteiger partial charge on any atom is -0.468 e. The van der Waals surface area contributed by atoms with Crippen molar-refractivity contribution in [1.29, 1.82) is 0 Å². The van der Waals surface area contributed by atoms with Gasteiger partial charge >= 0.3 is 5.97 Å². The number of ether oxygens (including phenoxy) is 1. The van der Waals surface area contributed by atoms with Crippen molar-refractivity contribution in [3.63, 3.8) is 0 Å². The van der Waals surface area contributed by atoms with Crippen molar-refractivity contribution in [2.24, 2.45) is 0 Å². The van der Waals surface area contributed by atoms with Gasteiger partial charge in [-0.2, -0.15) is 0 Å². The van der Waals surface area contributed by atoms with E-state index >= 15 is 0 Å². The molecule has 5 heteroatoms. The Morgan fingerprint density at radius 1 is 0.967 bits per heavy atom. The second-order valence-electron chi connectivity index (χ2n) is 7.78. The topological polar surface area (TPSA) is 52.3 Å². The maximum Gasteiger partial charge on any atom is 0.316 e. The number of fused-ring (bicyclic) bond motifs is 1. The number of pyridine rings is 1.